The predicted octanol–water partition coefficient (Wildman–Crippen LogP) is 2.03. The second-order valence-corrected chi connectivity index (χ2v) is 3.68. The Morgan fingerprint density at radius 1 is 1.57 bits per heavy atom. The molecule has 0 saturated heterocycles. The molecule has 1 aromatic rings. The van der Waals surface area contributed by atoms with Crippen LogP contribution in [0.4, 0.5) is 4.39 Å². The zero-order valence-corrected chi connectivity index (χ0v) is 8.99. The van der Waals surface area contributed by atoms with Crippen LogP contribution in [0.15, 0.2) is 18.2 Å². The Kier molecular flexibility index (Phi) is 3.41. The van der Waals surface area contributed by atoms with Gasteiger partial charge in [-0.15, -0.1) is 0 Å². The zero-order valence-electron chi connectivity index (χ0n) is 8.17. The Hall–Kier alpha value is -1.16. The van der Waals surface area contributed by atoms with Gasteiger partial charge >= 0.3 is 0 Å². The second kappa shape index (κ2) is 4.37. The van der Waals surface area contributed by atoms with Gasteiger partial charge in [0.1, 0.15) is 5.82 Å². The number of nitrogens with one attached hydrogen (secondary N) is 1. The van der Waals surface area contributed by atoms with Crippen molar-refractivity contribution in [3.05, 3.63) is 35.1 Å². The van der Waals surface area contributed by atoms with Gasteiger partial charge in [-0.1, -0.05) is 12.1 Å². The number of aryl methyl sites for hydroxylation is 1. The molecule has 0 aliphatic carbocycles. The third kappa shape index (κ3) is 2.67. The van der Waals surface area contributed by atoms with E-state index < -0.39 is 0 Å². The maximum absolute atomic E-state index is 13.2. The van der Waals surface area contributed by atoms with Crippen molar-refractivity contribution in [1.82, 2.24) is 5.32 Å². The van der Waals surface area contributed by atoms with Gasteiger partial charge in [-0.05, 0) is 43.3 Å². The highest BCUT2D eigenvalue weighted by Crippen LogP contribution is 2.15. The summed E-state index contributed by atoms with van der Waals surface area (Å²) in [6.07, 6.45) is 0. The van der Waals surface area contributed by atoms with E-state index in [-0.39, 0.29) is 17.0 Å². The minimum atomic E-state index is -0.209. The van der Waals surface area contributed by atoms with Crippen LogP contribution in [0.2, 0.25) is 0 Å². The van der Waals surface area contributed by atoms with E-state index in [2.05, 4.69) is 5.32 Å². The lowest BCUT2D eigenvalue weighted by Crippen LogP contribution is -2.31. The summed E-state index contributed by atoms with van der Waals surface area (Å²) in [7, 11) is 0. The molecule has 1 unspecified atom stereocenters. The first-order valence-corrected chi connectivity index (χ1v) is 4.73. The summed E-state index contributed by atoms with van der Waals surface area (Å²) in [6, 6.07) is 5.02. The first-order valence-electron chi connectivity index (χ1n) is 4.32. The van der Waals surface area contributed by atoms with Gasteiger partial charge in [-0.3, -0.25) is 0 Å². The van der Waals surface area contributed by atoms with Crippen LogP contribution < -0.4 is 11.1 Å². The number of benzene rings is 1. The predicted molar refractivity (Wildman–Crippen MR) is 59.5 cm³/mol. The van der Waals surface area contributed by atoms with E-state index in [0.717, 1.165) is 5.56 Å². The van der Waals surface area contributed by atoms with Crippen LogP contribution in [-0.2, 0) is 0 Å². The van der Waals surface area contributed by atoms with E-state index in [1.54, 1.807) is 13.0 Å². The Balaban J connectivity index is 2.85. The standard InChI is InChI=1S/C10H13FN2S/c1-6-3-4-8(5-9(6)11)7(2)13-10(12)14/h3-5,7H,1-2H3,(H3,12,13,14). The van der Waals surface area contributed by atoms with Gasteiger partial charge in [-0.2, -0.15) is 0 Å². The fourth-order valence-corrected chi connectivity index (χ4v) is 1.35. The van der Waals surface area contributed by atoms with Crippen molar-refractivity contribution in [1.29, 1.82) is 0 Å². The van der Waals surface area contributed by atoms with Crippen molar-refractivity contribution in [2.24, 2.45) is 5.73 Å². The number of rotatable bonds is 2. The SMILES string of the molecule is Cc1ccc(C(C)NC(N)=S)cc1F. The molecule has 0 aromatic heterocycles. The number of halogens is 1. The van der Waals surface area contributed by atoms with Crippen LogP contribution in [-0.4, -0.2) is 5.11 Å². The van der Waals surface area contributed by atoms with Crippen LogP contribution in [0.1, 0.15) is 24.1 Å². The van der Waals surface area contributed by atoms with Crippen LogP contribution in [0.25, 0.3) is 0 Å². The monoisotopic (exact) mass is 212 g/mol. The van der Waals surface area contributed by atoms with Gasteiger partial charge in [-0.25, -0.2) is 4.39 Å². The molecule has 0 amide bonds. The molecule has 0 saturated carbocycles. The molecule has 0 radical (unpaired) electrons. The number of thiocarbonyl (C=S) groups is 1. The second-order valence-electron chi connectivity index (χ2n) is 3.24. The highest BCUT2D eigenvalue weighted by atomic mass is 32.1. The lowest BCUT2D eigenvalue weighted by atomic mass is 10.1. The van der Waals surface area contributed by atoms with E-state index in [4.69, 9.17) is 18.0 Å². The average Bonchev–Trinajstić information content (AvgIpc) is 2.08. The fraction of sp³-hybridized carbons (Fsp3) is 0.300. The summed E-state index contributed by atoms with van der Waals surface area (Å²) in [5.41, 5.74) is 6.79. The lowest BCUT2D eigenvalue weighted by Gasteiger charge is -2.14. The molecule has 1 atom stereocenters. The molecule has 0 aliphatic heterocycles. The minimum absolute atomic E-state index is 0.0670. The third-order valence-corrected chi connectivity index (χ3v) is 2.17. The van der Waals surface area contributed by atoms with Crippen molar-refractivity contribution in [3.63, 3.8) is 0 Å². The van der Waals surface area contributed by atoms with Crippen molar-refractivity contribution < 1.29 is 4.39 Å². The van der Waals surface area contributed by atoms with Gasteiger partial charge < -0.3 is 11.1 Å². The topological polar surface area (TPSA) is 38.0 Å². The minimum Gasteiger partial charge on any atom is -0.376 e. The van der Waals surface area contributed by atoms with Crippen molar-refractivity contribution >= 4 is 17.3 Å². The van der Waals surface area contributed by atoms with E-state index in [1.807, 2.05) is 13.0 Å². The first kappa shape index (κ1) is 10.9. The largest absolute Gasteiger partial charge is 0.376 e. The summed E-state index contributed by atoms with van der Waals surface area (Å²) in [5, 5.41) is 3.07. The summed E-state index contributed by atoms with van der Waals surface area (Å²) in [5.74, 6) is -0.209. The number of hydrogen-bond donors (Lipinski definition) is 2. The van der Waals surface area contributed by atoms with Crippen LogP contribution in [0.5, 0.6) is 0 Å². The molecule has 0 heterocycles. The molecule has 2 nitrogen and oxygen atoms in total. The summed E-state index contributed by atoms with van der Waals surface area (Å²) in [4.78, 5) is 0. The Morgan fingerprint density at radius 2 is 2.21 bits per heavy atom. The first-order chi connectivity index (χ1) is 6.50. The van der Waals surface area contributed by atoms with E-state index >= 15 is 0 Å². The maximum atomic E-state index is 13.2. The van der Waals surface area contributed by atoms with E-state index in [1.165, 1.54) is 6.07 Å². The third-order valence-electron chi connectivity index (χ3n) is 2.05. The van der Waals surface area contributed by atoms with Gasteiger partial charge in [0.25, 0.3) is 0 Å². The van der Waals surface area contributed by atoms with Gasteiger partial charge in [0, 0.05) is 0 Å². The van der Waals surface area contributed by atoms with Gasteiger partial charge in [0.15, 0.2) is 5.11 Å². The summed E-state index contributed by atoms with van der Waals surface area (Å²) < 4.78 is 13.2. The molecule has 1 rings (SSSR count). The molecule has 76 valence electrons. The molecule has 0 fully saturated rings. The van der Waals surface area contributed by atoms with Crippen LogP contribution in [0.3, 0.4) is 0 Å². The van der Waals surface area contributed by atoms with Crippen molar-refractivity contribution in [3.8, 4) is 0 Å². The normalized spacial score (nSPS) is 12.2. The molecule has 0 aliphatic rings. The van der Waals surface area contributed by atoms with Crippen molar-refractivity contribution in [2.75, 3.05) is 0 Å². The van der Waals surface area contributed by atoms with E-state index in [9.17, 15) is 4.39 Å². The lowest BCUT2D eigenvalue weighted by molar-refractivity contribution is 0.609. The highest BCUT2D eigenvalue weighted by molar-refractivity contribution is 7.80. The highest BCUT2D eigenvalue weighted by Gasteiger charge is 2.07. The van der Waals surface area contributed by atoms with Gasteiger partial charge in [0.2, 0.25) is 0 Å². The molecule has 4 heteroatoms. The smallest absolute Gasteiger partial charge is 0.164 e. The Bertz CT molecular complexity index is 352. The molecule has 3 N–H and O–H groups in total. The van der Waals surface area contributed by atoms with Crippen LogP contribution >= 0.6 is 12.2 Å². The van der Waals surface area contributed by atoms with Crippen LogP contribution in [0, 0.1) is 12.7 Å². The molecular formula is C10H13FN2S. The quantitative estimate of drug-likeness (QED) is 0.737. The summed E-state index contributed by atoms with van der Waals surface area (Å²) in [6.45, 7) is 3.61. The van der Waals surface area contributed by atoms with Gasteiger partial charge in [0.05, 0.1) is 6.04 Å². The molecule has 1 aromatic carbocycles. The summed E-state index contributed by atoms with van der Waals surface area (Å²) >= 11 is 4.70. The molecule has 0 bridgehead atoms. The van der Waals surface area contributed by atoms with E-state index in [0.29, 0.717) is 5.56 Å². The molecular weight excluding hydrogens is 199 g/mol. The Labute approximate surface area is 88.3 Å². The van der Waals surface area contributed by atoms with Crippen molar-refractivity contribution in [2.45, 2.75) is 19.9 Å². The maximum Gasteiger partial charge on any atom is 0.164 e. The molecule has 14 heavy (non-hydrogen) atoms. The number of nitrogens with two attached hydrogens (primary N) is 1. The number of hydrogen-bond acceptors (Lipinski definition) is 1. The average molecular weight is 212 g/mol. The Morgan fingerprint density at radius 3 is 2.71 bits per heavy atom. The zero-order chi connectivity index (χ0) is 10.7. The molecule has 0 spiro atoms. The fourth-order valence-electron chi connectivity index (χ4n) is 1.18.